The Morgan fingerprint density at radius 2 is 1.83 bits per heavy atom. The standard InChI is InChI=1S/C14H24N2O2/c1-16(2)14-6-9-3-10(7-14)5-13(4-9,8-14)11(15)12(17)18/h9-11H,3-8,15H2,1-2H3,(H,17,18). The van der Waals surface area contributed by atoms with Crippen LogP contribution in [-0.4, -0.2) is 41.7 Å². The molecule has 4 saturated carbocycles. The van der Waals surface area contributed by atoms with E-state index < -0.39 is 12.0 Å². The van der Waals surface area contributed by atoms with Crippen molar-refractivity contribution in [2.45, 2.75) is 50.1 Å². The van der Waals surface area contributed by atoms with Gasteiger partial charge in [0.1, 0.15) is 6.04 Å². The number of carboxylic acids is 1. The van der Waals surface area contributed by atoms with E-state index in [2.05, 4.69) is 19.0 Å². The second-order valence-corrected chi connectivity index (χ2v) is 7.26. The van der Waals surface area contributed by atoms with Gasteiger partial charge in [-0.3, -0.25) is 4.79 Å². The third kappa shape index (κ3) is 1.55. The van der Waals surface area contributed by atoms with Crippen LogP contribution in [0.15, 0.2) is 0 Å². The number of hydrogen-bond acceptors (Lipinski definition) is 3. The van der Waals surface area contributed by atoms with Crippen molar-refractivity contribution in [1.29, 1.82) is 0 Å². The molecule has 0 saturated heterocycles. The molecule has 0 spiro atoms. The van der Waals surface area contributed by atoms with Crippen molar-refractivity contribution in [1.82, 2.24) is 4.90 Å². The molecule has 4 fully saturated rings. The predicted molar refractivity (Wildman–Crippen MR) is 69.1 cm³/mol. The first-order valence-electron chi connectivity index (χ1n) is 7.03. The van der Waals surface area contributed by atoms with Crippen molar-refractivity contribution in [3.05, 3.63) is 0 Å². The fourth-order valence-electron chi connectivity index (χ4n) is 5.43. The van der Waals surface area contributed by atoms with Crippen molar-refractivity contribution >= 4 is 5.97 Å². The predicted octanol–water partition coefficient (Wildman–Crippen LogP) is 1.30. The molecule has 0 radical (unpaired) electrons. The molecule has 4 nitrogen and oxygen atoms in total. The molecule has 0 aliphatic heterocycles. The molecule has 18 heavy (non-hydrogen) atoms. The highest BCUT2D eigenvalue weighted by Crippen LogP contribution is 2.63. The summed E-state index contributed by atoms with van der Waals surface area (Å²) in [4.78, 5) is 13.7. The average molecular weight is 252 g/mol. The Hall–Kier alpha value is -0.610. The Morgan fingerprint density at radius 1 is 1.28 bits per heavy atom. The number of carbonyl (C=O) groups is 1. The van der Waals surface area contributed by atoms with E-state index in [0.29, 0.717) is 11.8 Å². The molecular weight excluding hydrogens is 228 g/mol. The summed E-state index contributed by atoms with van der Waals surface area (Å²) >= 11 is 0. The van der Waals surface area contributed by atoms with E-state index in [1.165, 1.54) is 19.3 Å². The van der Waals surface area contributed by atoms with Crippen molar-refractivity contribution < 1.29 is 9.90 Å². The molecular formula is C14H24N2O2. The topological polar surface area (TPSA) is 66.6 Å². The third-order valence-corrected chi connectivity index (χ3v) is 5.95. The van der Waals surface area contributed by atoms with Crippen LogP contribution in [0.3, 0.4) is 0 Å². The summed E-state index contributed by atoms with van der Waals surface area (Å²) in [5, 5.41) is 9.33. The van der Waals surface area contributed by atoms with Crippen LogP contribution in [0, 0.1) is 17.3 Å². The van der Waals surface area contributed by atoms with Gasteiger partial charge < -0.3 is 15.7 Å². The minimum Gasteiger partial charge on any atom is -0.480 e. The quantitative estimate of drug-likeness (QED) is 0.794. The number of aliphatic carboxylic acids is 1. The molecule has 3 unspecified atom stereocenters. The van der Waals surface area contributed by atoms with Crippen molar-refractivity contribution in [3.8, 4) is 0 Å². The number of rotatable bonds is 3. The Balaban J connectivity index is 1.96. The van der Waals surface area contributed by atoms with Crippen LogP contribution in [0.25, 0.3) is 0 Å². The minimum absolute atomic E-state index is 0.139. The Morgan fingerprint density at radius 3 is 2.28 bits per heavy atom. The number of carboxylic acid groups (broad SMARTS) is 1. The highest BCUT2D eigenvalue weighted by molar-refractivity contribution is 5.74. The summed E-state index contributed by atoms with van der Waals surface area (Å²) in [6, 6.07) is -0.678. The normalized spacial score (nSPS) is 47.6. The Kier molecular flexibility index (Phi) is 2.55. The van der Waals surface area contributed by atoms with Gasteiger partial charge in [0, 0.05) is 5.54 Å². The maximum absolute atomic E-state index is 11.4. The molecule has 0 aromatic carbocycles. The summed E-state index contributed by atoms with van der Waals surface area (Å²) in [6.45, 7) is 0. The van der Waals surface area contributed by atoms with Gasteiger partial charge in [0.05, 0.1) is 0 Å². The summed E-state index contributed by atoms with van der Waals surface area (Å²) in [7, 11) is 4.29. The maximum Gasteiger partial charge on any atom is 0.321 e. The first-order chi connectivity index (χ1) is 8.37. The van der Waals surface area contributed by atoms with Crippen molar-refractivity contribution in [2.75, 3.05) is 14.1 Å². The summed E-state index contributed by atoms with van der Waals surface area (Å²) in [5.74, 6) is 0.573. The summed E-state index contributed by atoms with van der Waals surface area (Å²) in [6.07, 6.45) is 6.82. The zero-order valence-corrected chi connectivity index (χ0v) is 11.4. The molecule has 4 rings (SSSR count). The number of nitrogens with two attached hydrogens (primary N) is 1. The largest absolute Gasteiger partial charge is 0.480 e. The highest BCUT2D eigenvalue weighted by Gasteiger charge is 2.61. The zero-order valence-electron chi connectivity index (χ0n) is 11.4. The molecule has 4 aliphatic carbocycles. The summed E-state index contributed by atoms with van der Waals surface area (Å²) < 4.78 is 0. The third-order valence-electron chi connectivity index (χ3n) is 5.95. The van der Waals surface area contributed by atoms with Crippen LogP contribution in [-0.2, 0) is 4.79 Å². The van der Waals surface area contributed by atoms with Crippen molar-refractivity contribution in [3.63, 3.8) is 0 Å². The zero-order chi connectivity index (χ0) is 13.1. The first-order valence-corrected chi connectivity index (χ1v) is 7.03. The Bertz CT molecular complexity index is 366. The molecule has 102 valence electrons. The second-order valence-electron chi connectivity index (χ2n) is 7.26. The lowest BCUT2D eigenvalue weighted by molar-refractivity contribution is -0.158. The van der Waals surface area contributed by atoms with Gasteiger partial charge in [-0.2, -0.15) is 0 Å². The highest BCUT2D eigenvalue weighted by atomic mass is 16.4. The summed E-state index contributed by atoms with van der Waals surface area (Å²) in [5.41, 5.74) is 6.14. The maximum atomic E-state index is 11.4. The SMILES string of the molecule is CN(C)C12CC3CC(CC(C(N)C(=O)O)(C3)C1)C2. The fourth-order valence-corrected chi connectivity index (χ4v) is 5.43. The van der Waals surface area contributed by atoms with Crippen LogP contribution < -0.4 is 5.73 Å². The van der Waals surface area contributed by atoms with Crippen LogP contribution in [0.2, 0.25) is 0 Å². The monoisotopic (exact) mass is 252 g/mol. The number of nitrogens with zero attached hydrogens (tertiary/aromatic N) is 1. The molecule has 3 N–H and O–H groups in total. The molecule has 3 atom stereocenters. The van der Waals surface area contributed by atoms with Gasteiger partial charge >= 0.3 is 5.97 Å². The van der Waals surface area contributed by atoms with Gasteiger partial charge in [0.15, 0.2) is 0 Å². The Labute approximate surface area is 109 Å². The van der Waals surface area contributed by atoms with Gasteiger partial charge in [-0.15, -0.1) is 0 Å². The van der Waals surface area contributed by atoms with Gasteiger partial charge in [0.2, 0.25) is 0 Å². The molecule has 4 aliphatic rings. The molecule has 0 aromatic rings. The smallest absolute Gasteiger partial charge is 0.321 e. The van der Waals surface area contributed by atoms with E-state index >= 15 is 0 Å². The van der Waals surface area contributed by atoms with E-state index in [0.717, 1.165) is 19.3 Å². The van der Waals surface area contributed by atoms with E-state index in [9.17, 15) is 9.90 Å². The van der Waals surface area contributed by atoms with Gasteiger partial charge in [0.25, 0.3) is 0 Å². The van der Waals surface area contributed by atoms with Gasteiger partial charge in [-0.25, -0.2) is 0 Å². The van der Waals surface area contributed by atoms with E-state index in [1.54, 1.807) is 0 Å². The lowest BCUT2D eigenvalue weighted by Gasteiger charge is -2.65. The van der Waals surface area contributed by atoms with Crippen LogP contribution >= 0.6 is 0 Å². The molecule has 0 aromatic heterocycles. The van der Waals surface area contributed by atoms with E-state index in [4.69, 9.17) is 5.73 Å². The van der Waals surface area contributed by atoms with Crippen LogP contribution in [0.1, 0.15) is 38.5 Å². The number of hydrogen-bond donors (Lipinski definition) is 2. The minimum atomic E-state index is -0.814. The van der Waals surface area contributed by atoms with Crippen LogP contribution in [0.5, 0.6) is 0 Å². The molecule has 4 bridgehead atoms. The lowest BCUT2D eigenvalue weighted by atomic mass is 9.45. The second kappa shape index (κ2) is 3.70. The lowest BCUT2D eigenvalue weighted by Crippen LogP contribution is -2.66. The van der Waals surface area contributed by atoms with Gasteiger partial charge in [-0.1, -0.05) is 0 Å². The fraction of sp³-hybridized carbons (Fsp3) is 0.929. The molecule has 0 amide bonds. The van der Waals surface area contributed by atoms with Crippen LogP contribution in [0.4, 0.5) is 0 Å². The molecule has 4 heteroatoms. The first kappa shape index (κ1) is 12.4. The van der Waals surface area contributed by atoms with E-state index in [-0.39, 0.29) is 11.0 Å². The average Bonchev–Trinajstić information content (AvgIpc) is 2.25. The van der Waals surface area contributed by atoms with E-state index in [1.807, 2.05) is 0 Å². The van der Waals surface area contributed by atoms with Gasteiger partial charge in [-0.05, 0) is 69.9 Å². The van der Waals surface area contributed by atoms with Crippen molar-refractivity contribution in [2.24, 2.45) is 23.0 Å². The molecule has 0 heterocycles.